The summed E-state index contributed by atoms with van der Waals surface area (Å²) in [5.74, 6) is 0.318. The molecule has 1 aliphatic rings. The van der Waals surface area contributed by atoms with Gasteiger partial charge in [-0.2, -0.15) is 0 Å². The van der Waals surface area contributed by atoms with Crippen molar-refractivity contribution in [2.24, 2.45) is 0 Å². The number of benzene rings is 1. The Morgan fingerprint density at radius 1 is 1.31 bits per heavy atom. The molecule has 0 aliphatic carbocycles. The Hall–Kier alpha value is -1.15. The maximum Gasteiger partial charge on any atom is 0.217 e. The number of nitrogens with one attached hydrogen (secondary N) is 1. The van der Waals surface area contributed by atoms with E-state index in [0.29, 0.717) is 5.92 Å². The third-order valence-electron chi connectivity index (χ3n) is 2.58. The average Bonchev–Trinajstić information content (AvgIpc) is 2.67. The summed E-state index contributed by atoms with van der Waals surface area (Å²) in [4.78, 5) is 10.6. The molecular formula is C11H12NO. The lowest BCUT2D eigenvalue weighted by molar-refractivity contribution is 0.523. The first-order chi connectivity index (χ1) is 6.42. The van der Waals surface area contributed by atoms with E-state index in [-0.39, 0.29) is 6.04 Å². The van der Waals surface area contributed by atoms with Gasteiger partial charge in [0, 0.05) is 5.92 Å². The molecule has 1 heterocycles. The van der Waals surface area contributed by atoms with Crippen molar-refractivity contribution in [1.29, 1.82) is 0 Å². The minimum absolute atomic E-state index is 0.109. The summed E-state index contributed by atoms with van der Waals surface area (Å²) in [6.07, 6.45) is 3.08. The SMILES string of the molecule is O=[C][C@@H]1NCC[C@@H]1c1ccccc1. The predicted octanol–water partition coefficient (Wildman–Crippen LogP) is 1.24. The van der Waals surface area contributed by atoms with Gasteiger partial charge in [-0.25, -0.2) is 0 Å². The smallest absolute Gasteiger partial charge is 0.217 e. The molecule has 1 aliphatic heterocycles. The van der Waals surface area contributed by atoms with Gasteiger partial charge in [0.15, 0.2) is 0 Å². The highest BCUT2D eigenvalue weighted by molar-refractivity contribution is 5.61. The first-order valence-corrected chi connectivity index (χ1v) is 4.58. The largest absolute Gasteiger partial charge is 0.307 e. The van der Waals surface area contributed by atoms with Crippen LogP contribution in [0, 0.1) is 0 Å². The Labute approximate surface area is 78.0 Å². The van der Waals surface area contributed by atoms with E-state index < -0.39 is 0 Å². The second-order valence-corrected chi connectivity index (χ2v) is 3.36. The predicted molar refractivity (Wildman–Crippen MR) is 51.3 cm³/mol. The van der Waals surface area contributed by atoms with Crippen LogP contribution in [0.25, 0.3) is 0 Å². The van der Waals surface area contributed by atoms with Crippen LogP contribution in [-0.4, -0.2) is 18.9 Å². The van der Waals surface area contributed by atoms with E-state index in [1.807, 2.05) is 18.2 Å². The molecule has 0 spiro atoms. The Balaban J connectivity index is 2.21. The average molecular weight is 174 g/mol. The van der Waals surface area contributed by atoms with Crippen LogP contribution in [0.4, 0.5) is 0 Å². The number of hydrogen-bond donors (Lipinski definition) is 1. The summed E-state index contributed by atoms with van der Waals surface area (Å²) in [7, 11) is 0. The summed E-state index contributed by atoms with van der Waals surface area (Å²) >= 11 is 0. The zero-order chi connectivity index (χ0) is 9.10. The molecule has 0 aromatic heterocycles. The summed E-state index contributed by atoms with van der Waals surface area (Å²) in [5, 5.41) is 3.13. The van der Waals surface area contributed by atoms with Crippen LogP contribution in [0.5, 0.6) is 0 Å². The Morgan fingerprint density at radius 2 is 2.08 bits per heavy atom. The fourth-order valence-electron chi connectivity index (χ4n) is 1.89. The number of hydrogen-bond acceptors (Lipinski definition) is 2. The highest BCUT2D eigenvalue weighted by atomic mass is 16.1. The van der Waals surface area contributed by atoms with Crippen LogP contribution >= 0.6 is 0 Å². The standard InChI is InChI=1S/C11H12NO/c13-8-11-10(6-7-12-11)9-4-2-1-3-5-9/h1-5,10-12H,6-7H2/t10-,11+/m1/s1. The van der Waals surface area contributed by atoms with Crippen molar-refractivity contribution in [3.8, 4) is 0 Å². The molecule has 2 atom stereocenters. The van der Waals surface area contributed by atoms with Gasteiger partial charge in [-0.1, -0.05) is 30.3 Å². The fourth-order valence-corrected chi connectivity index (χ4v) is 1.89. The normalized spacial score (nSPS) is 27.4. The molecule has 0 unspecified atom stereocenters. The maximum atomic E-state index is 10.6. The van der Waals surface area contributed by atoms with Gasteiger partial charge < -0.3 is 5.32 Å². The van der Waals surface area contributed by atoms with Crippen molar-refractivity contribution in [1.82, 2.24) is 5.32 Å². The summed E-state index contributed by atoms with van der Waals surface area (Å²) in [5.41, 5.74) is 1.24. The van der Waals surface area contributed by atoms with Crippen LogP contribution < -0.4 is 5.32 Å². The van der Waals surface area contributed by atoms with Gasteiger partial charge in [-0.3, -0.25) is 4.79 Å². The summed E-state index contributed by atoms with van der Waals surface area (Å²) < 4.78 is 0. The van der Waals surface area contributed by atoms with Gasteiger partial charge in [0.25, 0.3) is 0 Å². The highest BCUT2D eigenvalue weighted by Gasteiger charge is 2.27. The highest BCUT2D eigenvalue weighted by Crippen LogP contribution is 2.26. The summed E-state index contributed by atoms with van der Waals surface area (Å²) in [6.45, 7) is 0.916. The first-order valence-electron chi connectivity index (χ1n) is 4.58. The zero-order valence-electron chi connectivity index (χ0n) is 7.36. The molecule has 67 valence electrons. The van der Waals surface area contributed by atoms with Crippen molar-refractivity contribution in [2.75, 3.05) is 6.54 Å². The van der Waals surface area contributed by atoms with Crippen LogP contribution in [0.15, 0.2) is 30.3 Å². The lowest BCUT2D eigenvalue weighted by Crippen LogP contribution is -2.27. The Morgan fingerprint density at radius 3 is 2.77 bits per heavy atom. The molecule has 1 radical (unpaired) electrons. The van der Waals surface area contributed by atoms with E-state index >= 15 is 0 Å². The zero-order valence-corrected chi connectivity index (χ0v) is 7.36. The summed E-state index contributed by atoms with van der Waals surface area (Å²) in [6, 6.07) is 10.0. The molecule has 13 heavy (non-hydrogen) atoms. The molecule has 1 aromatic carbocycles. The van der Waals surface area contributed by atoms with Crippen molar-refractivity contribution in [3.63, 3.8) is 0 Å². The molecular weight excluding hydrogens is 162 g/mol. The Kier molecular flexibility index (Phi) is 2.41. The minimum Gasteiger partial charge on any atom is -0.307 e. The minimum atomic E-state index is -0.109. The molecule has 0 amide bonds. The monoisotopic (exact) mass is 174 g/mol. The molecule has 1 aromatic rings. The van der Waals surface area contributed by atoms with Gasteiger partial charge in [-0.15, -0.1) is 0 Å². The lowest BCUT2D eigenvalue weighted by atomic mass is 9.93. The van der Waals surface area contributed by atoms with E-state index in [0.717, 1.165) is 13.0 Å². The number of rotatable bonds is 2. The van der Waals surface area contributed by atoms with Gasteiger partial charge in [0.1, 0.15) is 0 Å². The Bertz CT molecular complexity index is 283. The molecule has 2 heteroatoms. The van der Waals surface area contributed by atoms with Crippen LogP contribution in [0.1, 0.15) is 17.9 Å². The second kappa shape index (κ2) is 3.71. The topological polar surface area (TPSA) is 29.1 Å². The number of carbonyl (C=O) groups excluding carboxylic acids is 1. The third kappa shape index (κ3) is 1.63. The molecule has 0 saturated carbocycles. The van der Waals surface area contributed by atoms with E-state index in [1.54, 1.807) is 0 Å². The molecule has 2 rings (SSSR count). The molecule has 2 nitrogen and oxygen atoms in total. The molecule has 1 N–H and O–H groups in total. The first kappa shape index (κ1) is 8.45. The van der Waals surface area contributed by atoms with E-state index in [2.05, 4.69) is 23.7 Å². The second-order valence-electron chi connectivity index (χ2n) is 3.36. The lowest BCUT2D eigenvalue weighted by Gasteiger charge is -2.12. The molecule has 1 saturated heterocycles. The van der Waals surface area contributed by atoms with Crippen LogP contribution in [0.2, 0.25) is 0 Å². The maximum absolute atomic E-state index is 10.6. The van der Waals surface area contributed by atoms with Crippen molar-refractivity contribution >= 4 is 6.29 Å². The van der Waals surface area contributed by atoms with Gasteiger partial charge in [0.05, 0.1) is 6.04 Å². The molecule has 0 bridgehead atoms. The van der Waals surface area contributed by atoms with E-state index in [1.165, 1.54) is 5.56 Å². The van der Waals surface area contributed by atoms with E-state index in [4.69, 9.17) is 0 Å². The van der Waals surface area contributed by atoms with Crippen LogP contribution in [-0.2, 0) is 4.79 Å². The fraction of sp³-hybridized carbons (Fsp3) is 0.364. The van der Waals surface area contributed by atoms with Crippen LogP contribution in [0.3, 0.4) is 0 Å². The van der Waals surface area contributed by atoms with Crippen molar-refractivity contribution in [2.45, 2.75) is 18.4 Å². The third-order valence-corrected chi connectivity index (χ3v) is 2.58. The quantitative estimate of drug-likeness (QED) is 0.731. The molecule has 1 fully saturated rings. The van der Waals surface area contributed by atoms with Gasteiger partial charge in [-0.05, 0) is 18.5 Å². The van der Waals surface area contributed by atoms with Gasteiger partial charge >= 0.3 is 0 Å². The van der Waals surface area contributed by atoms with E-state index in [9.17, 15) is 4.79 Å². The van der Waals surface area contributed by atoms with Crippen molar-refractivity contribution in [3.05, 3.63) is 35.9 Å². The van der Waals surface area contributed by atoms with Crippen molar-refractivity contribution < 1.29 is 4.79 Å². The van der Waals surface area contributed by atoms with Gasteiger partial charge in [0.2, 0.25) is 6.29 Å².